The Hall–Kier alpha value is -3.04. The van der Waals surface area contributed by atoms with Crippen molar-refractivity contribution in [3.05, 3.63) is 64.7 Å². The minimum Gasteiger partial charge on any atom is -0.504 e. The average Bonchev–Trinajstić information content (AvgIpc) is 3.68. The van der Waals surface area contributed by atoms with Crippen LogP contribution in [0.15, 0.2) is 42.5 Å². The Morgan fingerprint density at radius 3 is 2.73 bits per heavy atom. The molecule has 2 heterocycles. The highest BCUT2D eigenvalue weighted by Crippen LogP contribution is 2.66. The number of aromatic hydroxyl groups is 1. The Labute approximate surface area is 237 Å². The number of piperidine rings is 1. The number of phenolic OH excluding ortho intramolecular Hbond substituents is 1. The van der Waals surface area contributed by atoms with Crippen molar-refractivity contribution in [1.29, 1.82) is 0 Å². The first kappa shape index (κ1) is 26.8. The Morgan fingerprint density at radius 1 is 1.20 bits per heavy atom. The molecule has 41 heavy (non-hydrogen) atoms. The number of likely N-dealkylation sites (tertiary alicyclic amines) is 1. The second kappa shape index (κ2) is 9.23. The van der Waals surface area contributed by atoms with Gasteiger partial charge in [-0.05, 0) is 93.3 Å². The van der Waals surface area contributed by atoms with Crippen LogP contribution in [-0.2, 0) is 22.8 Å². The Balaban J connectivity index is 1.23. The topological polar surface area (TPSA) is 73.2 Å². The Bertz CT molecular complexity index is 1420. The van der Waals surface area contributed by atoms with Crippen molar-refractivity contribution < 1.29 is 32.9 Å². The third-order valence-electron chi connectivity index (χ3n) is 10.4. The van der Waals surface area contributed by atoms with Gasteiger partial charge in [0.05, 0.1) is 22.6 Å². The first-order valence-corrected chi connectivity index (χ1v) is 14.7. The number of nitrogens with zero attached hydrogens (tertiary/aromatic N) is 2. The number of benzene rings is 2. The van der Waals surface area contributed by atoms with Crippen LogP contribution in [0.25, 0.3) is 6.08 Å². The van der Waals surface area contributed by atoms with E-state index in [-0.39, 0.29) is 29.3 Å². The van der Waals surface area contributed by atoms with Crippen LogP contribution >= 0.6 is 0 Å². The van der Waals surface area contributed by atoms with Gasteiger partial charge in [-0.15, -0.1) is 0 Å². The molecule has 5 aliphatic rings. The summed E-state index contributed by atoms with van der Waals surface area (Å²) >= 11 is 0. The van der Waals surface area contributed by atoms with E-state index in [2.05, 4.69) is 4.90 Å². The number of hydrogen-bond donors (Lipinski definition) is 2. The van der Waals surface area contributed by atoms with Gasteiger partial charge in [-0.1, -0.05) is 18.2 Å². The van der Waals surface area contributed by atoms with E-state index in [9.17, 15) is 28.2 Å². The fourth-order valence-corrected chi connectivity index (χ4v) is 8.41. The first-order valence-electron chi connectivity index (χ1n) is 14.7. The largest absolute Gasteiger partial charge is 0.504 e. The number of carbonyl (C=O) groups is 1. The number of phenols is 1. The fourth-order valence-electron chi connectivity index (χ4n) is 8.41. The quantitative estimate of drug-likeness (QED) is 0.485. The van der Waals surface area contributed by atoms with Crippen molar-refractivity contribution in [2.45, 2.75) is 80.8 Å². The van der Waals surface area contributed by atoms with Crippen molar-refractivity contribution in [3.8, 4) is 11.5 Å². The summed E-state index contributed by atoms with van der Waals surface area (Å²) < 4.78 is 46.2. The summed E-state index contributed by atoms with van der Waals surface area (Å²) in [6, 6.07) is 8.10. The van der Waals surface area contributed by atoms with Crippen molar-refractivity contribution in [1.82, 2.24) is 9.80 Å². The molecule has 3 fully saturated rings. The van der Waals surface area contributed by atoms with Crippen molar-refractivity contribution in [2.24, 2.45) is 5.92 Å². The number of amides is 1. The van der Waals surface area contributed by atoms with Gasteiger partial charge < -0.3 is 19.8 Å². The zero-order valence-electron chi connectivity index (χ0n) is 23.0. The molecule has 2 bridgehead atoms. The summed E-state index contributed by atoms with van der Waals surface area (Å²) in [7, 11) is 0. The van der Waals surface area contributed by atoms with E-state index in [0.717, 1.165) is 36.3 Å². The average molecular weight is 569 g/mol. The molecule has 3 aliphatic carbocycles. The van der Waals surface area contributed by atoms with E-state index in [4.69, 9.17) is 4.74 Å². The van der Waals surface area contributed by atoms with Gasteiger partial charge in [-0.2, -0.15) is 13.2 Å². The standard InChI is InChI=1S/C32H35F3N2O4/c1-2-37(26(39)11-8-19-4-3-5-22(16-19)32(33,34)35)23-12-13-31(40)25-17-21-9-10-24(38)28-27(21)30(31,29(23)41-28)14-15-36(25)18-20-6-7-20/h3-5,8-11,16,20,23,25,29,38,40H,2,6-7,12-15,17-18H2,1H3/t23?,25-,29?,30+,31?/m1/s1. The number of halogens is 3. The first-order chi connectivity index (χ1) is 19.6. The molecule has 3 unspecified atom stereocenters. The lowest BCUT2D eigenvalue weighted by Crippen LogP contribution is -2.78. The predicted molar refractivity (Wildman–Crippen MR) is 146 cm³/mol. The lowest BCUT2D eigenvalue weighted by atomic mass is 9.48. The van der Waals surface area contributed by atoms with Gasteiger partial charge in [-0.25, -0.2) is 0 Å². The molecule has 2 saturated carbocycles. The van der Waals surface area contributed by atoms with E-state index in [1.807, 2.05) is 13.0 Å². The molecule has 218 valence electrons. The third kappa shape index (κ3) is 3.95. The summed E-state index contributed by atoms with van der Waals surface area (Å²) in [6.07, 6.45) is 2.59. The van der Waals surface area contributed by atoms with Crippen LogP contribution in [0.1, 0.15) is 61.3 Å². The molecule has 0 aromatic heterocycles. The maximum absolute atomic E-state index is 13.6. The zero-order valence-corrected chi connectivity index (χ0v) is 23.0. The van der Waals surface area contributed by atoms with E-state index < -0.39 is 28.9 Å². The molecular weight excluding hydrogens is 533 g/mol. The molecule has 5 atom stereocenters. The van der Waals surface area contributed by atoms with E-state index in [1.165, 1.54) is 37.1 Å². The number of rotatable bonds is 6. The van der Waals surface area contributed by atoms with Crippen LogP contribution < -0.4 is 4.74 Å². The van der Waals surface area contributed by atoms with Crippen LogP contribution in [0.4, 0.5) is 13.2 Å². The molecule has 1 amide bonds. The second-order valence-corrected chi connectivity index (χ2v) is 12.5. The number of carbonyl (C=O) groups excluding carboxylic acids is 1. The molecular formula is C32H35F3N2O4. The SMILES string of the molecule is CCN(C(=O)C=Cc1cccc(C(F)(F)F)c1)C1CCC2(O)[C@H]3Cc4ccc(O)c5c4[C@@]2(CCN3CC2CC2)C1O5. The highest BCUT2D eigenvalue weighted by atomic mass is 19.4. The molecule has 2 aromatic rings. The van der Waals surface area contributed by atoms with E-state index >= 15 is 0 Å². The lowest BCUT2D eigenvalue weighted by Gasteiger charge is -2.64. The molecule has 9 heteroatoms. The van der Waals surface area contributed by atoms with Crippen LogP contribution in [0, 0.1) is 5.92 Å². The highest BCUT2D eigenvalue weighted by Gasteiger charge is 2.73. The maximum Gasteiger partial charge on any atom is 0.416 e. The van der Waals surface area contributed by atoms with Gasteiger partial charge in [-0.3, -0.25) is 9.69 Å². The molecule has 1 saturated heterocycles. The normalized spacial score (nSPS) is 32.1. The van der Waals surface area contributed by atoms with Crippen molar-refractivity contribution in [3.63, 3.8) is 0 Å². The van der Waals surface area contributed by atoms with Gasteiger partial charge >= 0.3 is 6.18 Å². The van der Waals surface area contributed by atoms with Gasteiger partial charge in [0.1, 0.15) is 6.10 Å². The van der Waals surface area contributed by atoms with Gasteiger partial charge in [0.2, 0.25) is 5.91 Å². The number of likely N-dealkylation sites (N-methyl/N-ethyl adjacent to an activating group) is 1. The molecule has 1 spiro atoms. The van der Waals surface area contributed by atoms with Crippen LogP contribution in [0.3, 0.4) is 0 Å². The Kier molecular flexibility index (Phi) is 6.04. The second-order valence-electron chi connectivity index (χ2n) is 12.5. The van der Waals surface area contributed by atoms with Crippen LogP contribution in [-0.4, -0.2) is 69.3 Å². The number of hydrogen-bond acceptors (Lipinski definition) is 5. The predicted octanol–water partition coefficient (Wildman–Crippen LogP) is 4.91. The molecule has 2 aliphatic heterocycles. The summed E-state index contributed by atoms with van der Waals surface area (Å²) in [5.41, 5.74) is -0.282. The minimum atomic E-state index is -4.47. The number of alkyl halides is 3. The minimum absolute atomic E-state index is 0.0475. The lowest BCUT2D eigenvalue weighted by molar-refractivity contribution is -0.201. The fraction of sp³-hybridized carbons (Fsp3) is 0.531. The van der Waals surface area contributed by atoms with Gasteiger partial charge in [0.15, 0.2) is 11.5 Å². The maximum atomic E-state index is 13.6. The number of ether oxygens (including phenoxy) is 1. The molecule has 6 nitrogen and oxygen atoms in total. The summed E-state index contributed by atoms with van der Waals surface area (Å²) in [6.45, 7) is 4.05. The van der Waals surface area contributed by atoms with Crippen LogP contribution in [0.5, 0.6) is 11.5 Å². The zero-order chi connectivity index (χ0) is 28.7. The number of aliphatic hydroxyl groups is 1. The molecule has 0 radical (unpaired) electrons. The monoisotopic (exact) mass is 568 g/mol. The highest BCUT2D eigenvalue weighted by molar-refractivity contribution is 5.92. The summed E-state index contributed by atoms with van der Waals surface area (Å²) in [4.78, 5) is 17.8. The van der Waals surface area contributed by atoms with E-state index in [0.29, 0.717) is 43.9 Å². The van der Waals surface area contributed by atoms with Crippen molar-refractivity contribution >= 4 is 12.0 Å². The Morgan fingerprint density at radius 2 is 2.00 bits per heavy atom. The van der Waals surface area contributed by atoms with Gasteiger partial charge in [0, 0.05) is 30.8 Å². The molecule has 2 aromatic carbocycles. The van der Waals surface area contributed by atoms with E-state index in [1.54, 1.807) is 11.0 Å². The van der Waals surface area contributed by atoms with Gasteiger partial charge in [0.25, 0.3) is 0 Å². The summed E-state index contributed by atoms with van der Waals surface area (Å²) in [5.74, 6) is 0.841. The molecule has 2 N–H and O–H groups in total. The third-order valence-corrected chi connectivity index (χ3v) is 10.4. The van der Waals surface area contributed by atoms with Crippen molar-refractivity contribution in [2.75, 3.05) is 19.6 Å². The summed E-state index contributed by atoms with van der Waals surface area (Å²) in [5, 5.41) is 23.5. The molecule has 7 rings (SSSR count). The van der Waals surface area contributed by atoms with Crippen LogP contribution in [0.2, 0.25) is 0 Å². The smallest absolute Gasteiger partial charge is 0.416 e.